The predicted octanol–water partition coefficient (Wildman–Crippen LogP) is 2.25. The normalized spacial score (nSPS) is 20.9. The van der Waals surface area contributed by atoms with Gasteiger partial charge in [0.25, 0.3) is 0 Å². The molecule has 18 heavy (non-hydrogen) atoms. The molecule has 4 nitrogen and oxygen atoms in total. The lowest BCUT2D eigenvalue weighted by atomic mass is 10.1. The summed E-state index contributed by atoms with van der Waals surface area (Å²) in [5.74, 6) is 0. The Balaban J connectivity index is 2.06. The van der Waals surface area contributed by atoms with Crippen molar-refractivity contribution < 1.29 is 4.79 Å². The number of halogens is 1. The molecule has 1 aromatic carbocycles. The third-order valence-corrected chi connectivity index (χ3v) is 3.86. The van der Waals surface area contributed by atoms with E-state index in [4.69, 9.17) is 5.73 Å². The summed E-state index contributed by atoms with van der Waals surface area (Å²) in [6.45, 7) is 3.35. The zero-order valence-corrected chi connectivity index (χ0v) is 12.0. The van der Waals surface area contributed by atoms with E-state index in [2.05, 4.69) is 21.2 Å². The summed E-state index contributed by atoms with van der Waals surface area (Å²) in [6.07, 6.45) is 0.834. The number of nitrogens with zero attached hydrogens (tertiary/aromatic N) is 1. The highest BCUT2D eigenvalue weighted by Gasteiger charge is 2.32. The van der Waals surface area contributed by atoms with Gasteiger partial charge in [-0.05, 0) is 37.6 Å². The summed E-state index contributed by atoms with van der Waals surface area (Å²) in [6, 6.07) is 8.32. The van der Waals surface area contributed by atoms with Crippen molar-refractivity contribution in [3.05, 3.63) is 34.3 Å². The lowest BCUT2D eigenvalue weighted by molar-refractivity contribution is 0.199. The Bertz CT molecular complexity index is 421. The van der Waals surface area contributed by atoms with Crippen LogP contribution in [-0.4, -0.2) is 30.1 Å². The van der Waals surface area contributed by atoms with Crippen LogP contribution in [0.5, 0.6) is 0 Å². The summed E-state index contributed by atoms with van der Waals surface area (Å²) in [4.78, 5) is 13.8. The molecule has 1 fully saturated rings. The maximum absolute atomic E-state index is 11.9. The first-order valence-corrected chi connectivity index (χ1v) is 6.93. The Kier molecular flexibility index (Phi) is 4.24. The molecule has 0 radical (unpaired) electrons. The number of hydrogen-bond donors (Lipinski definition) is 2. The van der Waals surface area contributed by atoms with Crippen LogP contribution in [0.2, 0.25) is 0 Å². The van der Waals surface area contributed by atoms with Crippen molar-refractivity contribution in [3.8, 4) is 0 Å². The third kappa shape index (κ3) is 2.84. The molecule has 2 unspecified atom stereocenters. The van der Waals surface area contributed by atoms with Crippen LogP contribution in [0.4, 0.5) is 4.79 Å². The Morgan fingerprint density at radius 3 is 2.78 bits per heavy atom. The van der Waals surface area contributed by atoms with Gasteiger partial charge in [-0.2, -0.15) is 0 Å². The van der Waals surface area contributed by atoms with Gasteiger partial charge in [-0.1, -0.05) is 28.1 Å². The van der Waals surface area contributed by atoms with Crippen LogP contribution < -0.4 is 11.1 Å². The largest absolute Gasteiger partial charge is 0.330 e. The van der Waals surface area contributed by atoms with Crippen LogP contribution in [0.1, 0.15) is 24.9 Å². The molecule has 3 N–H and O–H groups in total. The highest BCUT2D eigenvalue weighted by atomic mass is 79.9. The number of carbonyl (C=O) groups excluding carboxylic acids is 1. The molecule has 0 bridgehead atoms. The molecule has 0 aromatic heterocycles. The number of carbonyl (C=O) groups is 1. The SMILES string of the molecule is CC(CCN)N1CC(c2ccc(Br)cc2)NC1=O. The first kappa shape index (κ1) is 13.4. The van der Waals surface area contributed by atoms with E-state index in [1.165, 1.54) is 0 Å². The van der Waals surface area contributed by atoms with Crippen LogP contribution >= 0.6 is 15.9 Å². The van der Waals surface area contributed by atoms with Gasteiger partial charge in [0.15, 0.2) is 0 Å². The second-order valence-corrected chi connectivity index (χ2v) is 5.55. The smallest absolute Gasteiger partial charge is 0.318 e. The lowest BCUT2D eigenvalue weighted by Gasteiger charge is -2.22. The highest BCUT2D eigenvalue weighted by Crippen LogP contribution is 2.23. The van der Waals surface area contributed by atoms with Gasteiger partial charge < -0.3 is 16.0 Å². The molecule has 1 heterocycles. The average molecular weight is 312 g/mol. The fraction of sp³-hybridized carbons (Fsp3) is 0.462. The van der Waals surface area contributed by atoms with Crippen molar-refractivity contribution >= 4 is 22.0 Å². The maximum atomic E-state index is 11.9. The molecule has 0 spiro atoms. The van der Waals surface area contributed by atoms with Crippen LogP contribution in [0.15, 0.2) is 28.7 Å². The molecule has 98 valence electrons. The van der Waals surface area contributed by atoms with Crippen molar-refractivity contribution in [2.45, 2.75) is 25.4 Å². The number of nitrogens with two attached hydrogens (primary N) is 1. The molecule has 5 heteroatoms. The van der Waals surface area contributed by atoms with Gasteiger partial charge in [0.05, 0.1) is 6.04 Å². The summed E-state index contributed by atoms with van der Waals surface area (Å²) in [7, 11) is 0. The number of hydrogen-bond acceptors (Lipinski definition) is 2. The van der Waals surface area contributed by atoms with Gasteiger partial charge in [0.2, 0.25) is 0 Å². The number of amides is 2. The highest BCUT2D eigenvalue weighted by molar-refractivity contribution is 9.10. The lowest BCUT2D eigenvalue weighted by Crippen LogP contribution is -2.37. The topological polar surface area (TPSA) is 58.4 Å². The van der Waals surface area contributed by atoms with E-state index >= 15 is 0 Å². The minimum atomic E-state index is 0.00358. The van der Waals surface area contributed by atoms with Gasteiger partial charge in [0.1, 0.15) is 0 Å². The minimum absolute atomic E-state index is 0.00358. The maximum Gasteiger partial charge on any atom is 0.318 e. The summed E-state index contributed by atoms with van der Waals surface area (Å²) >= 11 is 3.41. The number of nitrogens with one attached hydrogen (secondary N) is 1. The summed E-state index contributed by atoms with van der Waals surface area (Å²) < 4.78 is 1.05. The van der Waals surface area contributed by atoms with Crippen LogP contribution in [0, 0.1) is 0 Å². The predicted molar refractivity (Wildman–Crippen MR) is 75.3 cm³/mol. The Labute approximate surface area is 116 Å². The van der Waals surface area contributed by atoms with Crippen LogP contribution in [0.25, 0.3) is 0 Å². The van der Waals surface area contributed by atoms with Crippen molar-refractivity contribution in [2.75, 3.05) is 13.1 Å². The molecule has 0 saturated carbocycles. The standard InChI is InChI=1S/C13H18BrN3O/c1-9(6-7-15)17-8-12(16-13(17)18)10-2-4-11(14)5-3-10/h2-5,9,12H,6-8,15H2,1H3,(H,16,18). The quantitative estimate of drug-likeness (QED) is 0.896. The second kappa shape index (κ2) is 5.71. The van der Waals surface area contributed by atoms with E-state index in [9.17, 15) is 4.79 Å². The van der Waals surface area contributed by atoms with Crippen molar-refractivity contribution in [3.63, 3.8) is 0 Å². The third-order valence-electron chi connectivity index (χ3n) is 3.33. The molecular weight excluding hydrogens is 294 g/mol. The monoisotopic (exact) mass is 311 g/mol. The molecule has 2 rings (SSSR count). The van der Waals surface area contributed by atoms with E-state index in [0.29, 0.717) is 13.1 Å². The molecule has 0 aliphatic carbocycles. The van der Waals surface area contributed by atoms with E-state index < -0.39 is 0 Å². The summed E-state index contributed by atoms with van der Waals surface area (Å²) in [5.41, 5.74) is 6.67. The van der Waals surface area contributed by atoms with Crippen molar-refractivity contribution in [1.29, 1.82) is 0 Å². The molecular formula is C13H18BrN3O. The van der Waals surface area contributed by atoms with Gasteiger partial charge in [-0.15, -0.1) is 0 Å². The number of rotatable bonds is 4. The number of benzene rings is 1. The average Bonchev–Trinajstić information content (AvgIpc) is 2.72. The van der Waals surface area contributed by atoms with E-state index in [1.807, 2.05) is 36.1 Å². The zero-order chi connectivity index (χ0) is 13.1. The van der Waals surface area contributed by atoms with Crippen LogP contribution in [-0.2, 0) is 0 Å². The second-order valence-electron chi connectivity index (χ2n) is 4.63. The molecule has 1 aromatic rings. The van der Waals surface area contributed by atoms with Crippen LogP contribution in [0.3, 0.4) is 0 Å². The minimum Gasteiger partial charge on any atom is -0.330 e. The first-order chi connectivity index (χ1) is 8.61. The molecule has 1 aliphatic rings. The van der Waals surface area contributed by atoms with Crippen molar-refractivity contribution in [1.82, 2.24) is 10.2 Å². The van der Waals surface area contributed by atoms with Gasteiger partial charge >= 0.3 is 6.03 Å². The zero-order valence-electron chi connectivity index (χ0n) is 10.4. The molecule has 1 aliphatic heterocycles. The van der Waals surface area contributed by atoms with E-state index in [0.717, 1.165) is 16.5 Å². The molecule has 2 atom stereocenters. The van der Waals surface area contributed by atoms with Gasteiger partial charge in [-0.3, -0.25) is 0 Å². The Morgan fingerprint density at radius 1 is 1.50 bits per heavy atom. The first-order valence-electron chi connectivity index (χ1n) is 6.14. The fourth-order valence-corrected chi connectivity index (χ4v) is 2.48. The van der Waals surface area contributed by atoms with E-state index in [1.54, 1.807) is 0 Å². The van der Waals surface area contributed by atoms with Gasteiger partial charge in [-0.25, -0.2) is 4.79 Å². The summed E-state index contributed by atoms with van der Waals surface area (Å²) in [5, 5.41) is 3.01. The van der Waals surface area contributed by atoms with Crippen molar-refractivity contribution in [2.24, 2.45) is 5.73 Å². The number of urea groups is 1. The Hall–Kier alpha value is -1.07. The van der Waals surface area contributed by atoms with E-state index in [-0.39, 0.29) is 18.1 Å². The Morgan fingerprint density at radius 2 is 2.17 bits per heavy atom. The van der Waals surface area contributed by atoms with Gasteiger partial charge in [0, 0.05) is 17.1 Å². The molecule has 1 saturated heterocycles. The fourth-order valence-electron chi connectivity index (χ4n) is 2.22. The molecule has 2 amide bonds.